The van der Waals surface area contributed by atoms with Gasteiger partial charge in [0.1, 0.15) is 0 Å². The van der Waals surface area contributed by atoms with Crippen molar-refractivity contribution >= 4 is 18.3 Å². The Labute approximate surface area is 134 Å². The maximum Gasteiger partial charge on any atom is 0.222 e. The fourth-order valence-electron chi connectivity index (χ4n) is 3.04. The van der Waals surface area contributed by atoms with E-state index in [1.165, 1.54) is 31.2 Å². The Bertz CT molecular complexity index is 405. The van der Waals surface area contributed by atoms with Crippen LogP contribution in [0.15, 0.2) is 30.3 Å². The molecule has 2 N–H and O–H groups in total. The molecule has 2 rings (SSSR count). The first-order valence-corrected chi connectivity index (χ1v) is 7.81. The van der Waals surface area contributed by atoms with Crippen LogP contribution >= 0.6 is 12.4 Å². The van der Waals surface area contributed by atoms with E-state index >= 15 is 0 Å². The standard InChI is InChI=1S/C17H26N2O.ClH/c18-12-13-19(14-16-8-2-1-3-9-16)17(20)11-10-15-6-4-5-7-15;/h1-3,8-9,15H,4-7,10-14,18H2;1H. The number of hydrogen-bond donors (Lipinski definition) is 1. The molecule has 0 radical (unpaired) electrons. The molecule has 1 amide bonds. The second kappa shape index (κ2) is 9.80. The molecule has 0 heterocycles. The van der Waals surface area contributed by atoms with Crippen molar-refractivity contribution in [1.29, 1.82) is 0 Å². The summed E-state index contributed by atoms with van der Waals surface area (Å²) in [4.78, 5) is 14.3. The lowest BCUT2D eigenvalue weighted by atomic mass is 10.0. The van der Waals surface area contributed by atoms with Gasteiger partial charge in [0, 0.05) is 26.1 Å². The highest BCUT2D eigenvalue weighted by Crippen LogP contribution is 2.28. The summed E-state index contributed by atoms with van der Waals surface area (Å²) in [5.74, 6) is 1.03. The Kier molecular flexibility index (Phi) is 8.40. The molecule has 0 aliphatic heterocycles. The van der Waals surface area contributed by atoms with Crippen LogP contribution < -0.4 is 5.73 Å². The van der Waals surface area contributed by atoms with Crippen LogP contribution in [0.4, 0.5) is 0 Å². The van der Waals surface area contributed by atoms with Gasteiger partial charge in [0.2, 0.25) is 5.91 Å². The monoisotopic (exact) mass is 310 g/mol. The highest BCUT2D eigenvalue weighted by Gasteiger charge is 2.19. The van der Waals surface area contributed by atoms with E-state index in [0.717, 1.165) is 12.3 Å². The molecule has 1 fully saturated rings. The number of carbonyl (C=O) groups is 1. The minimum atomic E-state index is 0. The second-order valence-corrected chi connectivity index (χ2v) is 5.78. The van der Waals surface area contributed by atoms with Crippen molar-refractivity contribution in [3.05, 3.63) is 35.9 Å². The van der Waals surface area contributed by atoms with E-state index in [4.69, 9.17) is 5.73 Å². The Morgan fingerprint density at radius 3 is 2.48 bits per heavy atom. The number of nitrogens with two attached hydrogens (primary N) is 1. The normalized spacial score (nSPS) is 14.7. The Morgan fingerprint density at radius 2 is 1.86 bits per heavy atom. The van der Waals surface area contributed by atoms with Crippen molar-refractivity contribution in [2.45, 2.75) is 45.1 Å². The summed E-state index contributed by atoms with van der Waals surface area (Å²) >= 11 is 0. The van der Waals surface area contributed by atoms with Crippen LogP contribution in [0.2, 0.25) is 0 Å². The molecule has 118 valence electrons. The molecule has 21 heavy (non-hydrogen) atoms. The Balaban J connectivity index is 0.00000220. The van der Waals surface area contributed by atoms with Gasteiger partial charge >= 0.3 is 0 Å². The van der Waals surface area contributed by atoms with Gasteiger partial charge in [0.25, 0.3) is 0 Å². The maximum absolute atomic E-state index is 12.4. The number of carbonyl (C=O) groups excluding carboxylic acids is 1. The van der Waals surface area contributed by atoms with Gasteiger partial charge in [0.15, 0.2) is 0 Å². The molecule has 0 atom stereocenters. The van der Waals surface area contributed by atoms with Gasteiger partial charge in [-0.25, -0.2) is 0 Å². The molecule has 0 saturated heterocycles. The quantitative estimate of drug-likeness (QED) is 0.839. The SMILES string of the molecule is Cl.NCCN(Cc1ccccc1)C(=O)CCC1CCCC1. The van der Waals surface area contributed by atoms with Gasteiger partial charge in [-0.2, -0.15) is 0 Å². The van der Waals surface area contributed by atoms with Crippen LogP contribution in [0.3, 0.4) is 0 Å². The summed E-state index contributed by atoms with van der Waals surface area (Å²) < 4.78 is 0. The maximum atomic E-state index is 12.4. The highest BCUT2D eigenvalue weighted by molar-refractivity contribution is 5.85. The predicted octanol–water partition coefficient (Wildman–Crippen LogP) is 3.37. The number of rotatable bonds is 7. The lowest BCUT2D eigenvalue weighted by molar-refractivity contribution is -0.132. The van der Waals surface area contributed by atoms with Crippen LogP contribution in [-0.4, -0.2) is 23.9 Å². The van der Waals surface area contributed by atoms with Crippen LogP contribution in [0.1, 0.15) is 44.1 Å². The van der Waals surface area contributed by atoms with Crippen LogP contribution in [0, 0.1) is 5.92 Å². The highest BCUT2D eigenvalue weighted by atomic mass is 35.5. The predicted molar refractivity (Wildman–Crippen MR) is 89.4 cm³/mol. The van der Waals surface area contributed by atoms with E-state index < -0.39 is 0 Å². The lowest BCUT2D eigenvalue weighted by Gasteiger charge is -2.23. The van der Waals surface area contributed by atoms with Crippen molar-refractivity contribution in [2.24, 2.45) is 11.7 Å². The first-order chi connectivity index (χ1) is 9.79. The Hall–Kier alpha value is -1.06. The van der Waals surface area contributed by atoms with E-state index in [1.54, 1.807) is 0 Å². The number of amides is 1. The zero-order valence-corrected chi connectivity index (χ0v) is 13.5. The summed E-state index contributed by atoms with van der Waals surface area (Å²) in [5, 5.41) is 0. The first kappa shape index (κ1) is 18.0. The largest absolute Gasteiger partial charge is 0.337 e. The van der Waals surface area contributed by atoms with Gasteiger partial charge in [0.05, 0.1) is 0 Å². The molecule has 4 heteroatoms. The van der Waals surface area contributed by atoms with E-state index in [2.05, 4.69) is 12.1 Å². The smallest absolute Gasteiger partial charge is 0.222 e. The molecule has 1 aliphatic carbocycles. The van der Waals surface area contributed by atoms with E-state index in [1.807, 2.05) is 23.1 Å². The van der Waals surface area contributed by atoms with Crippen LogP contribution in [0.25, 0.3) is 0 Å². The summed E-state index contributed by atoms with van der Waals surface area (Å²) in [6.45, 7) is 1.86. The van der Waals surface area contributed by atoms with E-state index in [0.29, 0.717) is 26.1 Å². The lowest BCUT2D eigenvalue weighted by Crippen LogP contribution is -2.34. The van der Waals surface area contributed by atoms with Crippen molar-refractivity contribution in [1.82, 2.24) is 4.90 Å². The molecule has 0 spiro atoms. The average molecular weight is 311 g/mol. The average Bonchev–Trinajstić information content (AvgIpc) is 2.99. The first-order valence-electron chi connectivity index (χ1n) is 7.81. The van der Waals surface area contributed by atoms with Gasteiger partial charge in [-0.1, -0.05) is 56.0 Å². The van der Waals surface area contributed by atoms with Crippen molar-refractivity contribution < 1.29 is 4.79 Å². The van der Waals surface area contributed by atoms with Gasteiger partial charge in [-0.05, 0) is 17.9 Å². The van der Waals surface area contributed by atoms with Crippen LogP contribution in [0.5, 0.6) is 0 Å². The number of hydrogen-bond acceptors (Lipinski definition) is 2. The summed E-state index contributed by atoms with van der Waals surface area (Å²) in [7, 11) is 0. The van der Waals surface area contributed by atoms with E-state index in [9.17, 15) is 4.79 Å². The van der Waals surface area contributed by atoms with E-state index in [-0.39, 0.29) is 18.3 Å². The fourth-order valence-corrected chi connectivity index (χ4v) is 3.04. The molecule has 0 aromatic heterocycles. The zero-order valence-electron chi connectivity index (χ0n) is 12.7. The van der Waals surface area contributed by atoms with Gasteiger partial charge in [-0.3, -0.25) is 4.79 Å². The number of nitrogens with zero attached hydrogens (tertiary/aromatic N) is 1. The van der Waals surface area contributed by atoms with Crippen molar-refractivity contribution in [3.8, 4) is 0 Å². The van der Waals surface area contributed by atoms with Crippen molar-refractivity contribution in [3.63, 3.8) is 0 Å². The molecule has 0 unspecified atom stereocenters. The number of halogens is 1. The number of benzene rings is 1. The Morgan fingerprint density at radius 1 is 1.19 bits per heavy atom. The van der Waals surface area contributed by atoms with Crippen molar-refractivity contribution in [2.75, 3.05) is 13.1 Å². The second-order valence-electron chi connectivity index (χ2n) is 5.78. The molecule has 3 nitrogen and oxygen atoms in total. The molecule has 0 bridgehead atoms. The molecule has 1 aromatic rings. The summed E-state index contributed by atoms with van der Waals surface area (Å²) in [5.41, 5.74) is 6.82. The summed E-state index contributed by atoms with van der Waals surface area (Å²) in [6.07, 6.45) is 7.03. The zero-order chi connectivity index (χ0) is 14.2. The third kappa shape index (κ3) is 6.06. The van der Waals surface area contributed by atoms with Gasteiger partial charge < -0.3 is 10.6 Å². The summed E-state index contributed by atoms with van der Waals surface area (Å²) in [6, 6.07) is 10.2. The van der Waals surface area contributed by atoms with Gasteiger partial charge in [-0.15, -0.1) is 12.4 Å². The topological polar surface area (TPSA) is 46.3 Å². The molecule has 1 aliphatic rings. The molecule has 1 aromatic carbocycles. The minimum absolute atomic E-state index is 0. The molecular weight excluding hydrogens is 284 g/mol. The van der Waals surface area contributed by atoms with Crippen LogP contribution in [-0.2, 0) is 11.3 Å². The minimum Gasteiger partial charge on any atom is -0.337 e. The third-order valence-electron chi connectivity index (χ3n) is 4.21. The molecular formula is C17H27ClN2O. The third-order valence-corrected chi connectivity index (χ3v) is 4.21. The molecule has 1 saturated carbocycles. The fraction of sp³-hybridized carbons (Fsp3) is 0.588.